The highest BCUT2D eigenvalue weighted by Gasteiger charge is 2.15. The van der Waals surface area contributed by atoms with Crippen molar-refractivity contribution in [2.45, 2.75) is 18.9 Å². The zero-order valence-corrected chi connectivity index (χ0v) is 6.38. The summed E-state index contributed by atoms with van der Waals surface area (Å²) in [6, 6.07) is 4.20. The summed E-state index contributed by atoms with van der Waals surface area (Å²) in [4.78, 5) is 3.95. The van der Waals surface area contributed by atoms with E-state index in [1.807, 2.05) is 6.07 Å². The van der Waals surface area contributed by atoms with E-state index >= 15 is 0 Å². The van der Waals surface area contributed by atoms with Crippen molar-refractivity contribution in [2.75, 3.05) is 6.54 Å². The van der Waals surface area contributed by atoms with E-state index in [-0.39, 0.29) is 0 Å². The van der Waals surface area contributed by atoms with Crippen molar-refractivity contribution in [3.63, 3.8) is 0 Å². The minimum absolute atomic E-state index is 0.344. The summed E-state index contributed by atoms with van der Waals surface area (Å²) < 4.78 is 7.23. The van der Waals surface area contributed by atoms with E-state index in [9.17, 15) is 0 Å². The van der Waals surface area contributed by atoms with Crippen LogP contribution in [0.2, 0.25) is 0 Å². The van der Waals surface area contributed by atoms with E-state index in [2.05, 4.69) is 10.3 Å². The van der Waals surface area contributed by atoms with Gasteiger partial charge in [0.1, 0.15) is 0 Å². The van der Waals surface area contributed by atoms with Crippen molar-refractivity contribution in [1.82, 2.24) is 10.3 Å². The van der Waals surface area contributed by atoms with Crippen LogP contribution in [0.15, 0.2) is 24.5 Å². The lowest BCUT2D eigenvalue weighted by atomic mass is 10.1. The molecule has 0 bridgehead atoms. The Morgan fingerprint density at radius 1 is 1.73 bits per heavy atom. The summed E-state index contributed by atoms with van der Waals surface area (Å²) in [6.07, 6.45) is 4.58. The summed E-state index contributed by atoms with van der Waals surface area (Å²) in [5.74, 6) is 0. The molecule has 0 aliphatic carbocycles. The highest BCUT2D eigenvalue weighted by atomic mass is 14.9. The molecule has 1 aliphatic rings. The smallest absolute Gasteiger partial charge is 0.0840 e. The van der Waals surface area contributed by atoms with Gasteiger partial charge in [-0.3, -0.25) is 4.98 Å². The van der Waals surface area contributed by atoms with Crippen LogP contribution in [0, 0.1) is 0 Å². The molecular weight excluding hydrogens is 136 g/mol. The predicted octanol–water partition coefficient (Wildman–Crippen LogP) is 1.51. The first-order valence-electron chi connectivity index (χ1n) is 4.52. The van der Waals surface area contributed by atoms with Gasteiger partial charge in [0, 0.05) is 18.4 Å². The van der Waals surface area contributed by atoms with Gasteiger partial charge in [0.25, 0.3) is 0 Å². The maximum absolute atomic E-state index is 7.23. The lowest BCUT2D eigenvalue weighted by Gasteiger charge is -2.08. The molecule has 1 fully saturated rings. The van der Waals surface area contributed by atoms with E-state index in [1.165, 1.54) is 18.4 Å². The standard InChI is InChI=1S/C9H12N2/c1-3-8(7-10-5-1)9-4-2-6-11-9/h1,3,5,7,9,11H,2,4,6H2/i5D. The summed E-state index contributed by atoms with van der Waals surface area (Å²) in [5, 5.41) is 3.39. The van der Waals surface area contributed by atoms with Crippen LogP contribution in [-0.2, 0) is 0 Å². The molecule has 58 valence electrons. The number of pyridine rings is 1. The van der Waals surface area contributed by atoms with Gasteiger partial charge in [-0.2, -0.15) is 0 Å². The van der Waals surface area contributed by atoms with Gasteiger partial charge in [0.15, 0.2) is 0 Å². The van der Waals surface area contributed by atoms with Gasteiger partial charge in [-0.25, -0.2) is 0 Å². The molecule has 1 N–H and O–H groups in total. The SMILES string of the molecule is [2H]c1ccc(C2CCCN2)cn1. The van der Waals surface area contributed by atoms with Crippen molar-refractivity contribution in [1.29, 1.82) is 0 Å². The third-order valence-corrected chi connectivity index (χ3v) is 2.10. The molecular formula is C9H12N2. The molecule has 2 heterocycles. The fourth-order valence-electron chi connectivity index (χ4n) is 1.51. The summed E-state index contributed by atoms with van der Waals surface area (Å²) >= 11 is 0. The maximum Gasteiger partial charge on any atom is 0.0840 e. The zero-order valence-electron chi connectivity index (χ0n) is 7.38. The van der Waals surface area contributed by atoms with Crippen LogP contribution in [0.3, 0.4) is 0 Å². The molecule has 0 aromatic carbocycles. The summed E-state index contributed by atoms with van der Waals surface area (Å²) in [7, 11) is 0. The van der Waals surface area contributed by atoms with E-state index < -0.39 is 0 Å². The second-order valence-electron chi connectivity index (χ2n) is 2.87. The molecule has 2 nitrogen and oxygen atoms in total. The van der Waals surface area contributed by atoms with Gasteiger partial charge in [-0.1, -0.05) is 6.07 Å². The van der Waals surface area contributed by atoms with Crippen LogP contribution in [0.5, 0.6) is 0 Å². The lowest BCUT2D eigenvalue weighted by Crippen LogP contribution is -2.12. The molecule has 2 rings (SSSR count). The molecule has 0 spiro atoms. The number of hydrogen-bond acceptors (Lipinski definition) is 2. The van der Waals surface area contributed by atoms with Crippen molar-refractivity contribution >= 4 is 0 Å². The fourth-order valence-corrected chi connectivity index (χ4v) is 1.51. The Morgan fingerprint density at radius 2 is 2.73 bits per heavy atom. The highest BCUT2D eigenvalue weighted by Crippen LogP contribution is 2.21. The Morgan fingerprint density at radius 3 is 3.36 bits per heavy atom. The van der Waals surface area contributed by atoms with Gasteiger partial charge in [0.05, 0.1) is 1.37 Å². The molecule has 1 unspecified atom stereocenters. The van der Waals surface area contributed by atoms with Gasteiger partial charge < -0.3 is 5.32 Å². The molecule has 1 atom stereocenters. The lowest BCUT2D eigenvalue weighted by molar-refractivity contribution is 0.645. The fraction of sp³-hybridized carbons (Fsp3) is 0.444. The molecule has 1 saturated heterocycles. The van der Waals surface area contributed by atoms with Crippen molar-refractivity contribution in [2.24, 2.45) is 0 Å². The Balaban J connectivity index is 2.17. The maximum atomic E-state index is 7.23. The number of rotatable bonds is 1. The van der Waals surface area contributed by atoms with Crippen LogP contribution in [-0.4, -0.2) is 11.5 Å². The van der Waals surface area contributed by atoms with Gasteiger partial charge >= 0.3 is 0 Å². The number of hydrogen-bond donors (Lipinski definition) is 1. The minimum atomic E-state index is 0.344. The van der Waals surface area contributed by atoms with Crippen LogP contribution < -0.4 is 5.32 Å². The van der Waals surface area contributed by atoms with Crippen molar-refractivity contribution in [3.8, 4) is 0 Å². The Labute approximate surface area is 68.1 Å². The molecule has 1 aliphatic heterocycles. The summed E-state index contributed by atoms with van der Waals surface area (Å²) in [5.41, 5.74) is 1.21. The highest BCUT2D eigenvalue weighted by molar-refractivity contribution is 5.14. The second-order valence-corrected chi connectivity index (χ2v) is 2.87. The number of nitrogens with one attached hydrogen (secondary N) is 1. The van der Waals surface area contributed by atoms with Crippen LogP contribution in [0.25, 0.3) is 0 Å². The largest absolute Gasteiger partial charge is 0.310 e. The van der Waals surface area contributed by atoms with E-state index in [0.29, 0.717) is 12.2 Å². The molecule has 1 aromatic heterocycles. The van der Waals surface area contributed by atoms with Gasteiger partial charge in [0.2, 0.25) is 0 Å². The van der Waals surface area contributed by atoms with Crippen LogP contribution in [0.1, 0.15) is 25.8 Å². The second kappa shape index (κ2) is 3.01. The van der Waals surface area contributed by atoms with Crippen LogP contribution in [0.4, 0.5) is 0 Å². The average molecular weight is 149 g/mol. The van der Waals surface area contributed by atoms with Gasteiger partial charge in [-0.15, -0.1) is 0 Å². The summed E-state index contributed by atoms with van der Waals surface area (Å²) in [6.45, 7) is 1.10. The normalized spacial score (nSPS) is 25.1. The molecule has 0 amide bonds. The van der Waals surface area contributed by atoms with Crippen LogP contribution >= 0.6 is 0 Å². The Bertz CT molecular complexity index is 252. The number of nitrogens with zero attached hydrogens (tertiary/aromatic N) is 1. The third-order valence-electron chi connectivity index (χ3n) is 2.10. The van der Waals surface area contributed by atoms with Crippen molar-refractivity contribution < 1.29 is 1.37 Å². The zero-order chi connectivity index (χ0) is 8.39. The predicted molar refractivity (Wildman–Crippen MR) is 44.2 cm³/mol. The first kappa shape index (κ1) is 5.72. The van der Waals surface area contributed by atoms with E-state index in [0.717, 1.165) is 6.54 Å². The number of aromatic nitrogens is 1. The first-order chi connectivity index (χ1) is 5.86. The minimum Gasteiger partial charge on any atom is -0.310 e. The monoisotopic (exact) mass is 149 g/mol. The molecule has 0 radical (unpaired) electrons. The molecule has 1 aromatic rings. The molecule has 0 saturated carbocycles. The van der Waals surface area contributed by atoms with E-state index in [4.69, 9.17) is 1.37 Å². The Kier molecular flexibility index (Phi) is 1.57. The molecule has 11 heavy (non-hydrogen) atoms. The van der Waals surface area contributed by atoms with E-state index in [1.54, 1.807) is 12.3 Å². The topological polar surface area (TPSA) is 24.9 Å². The third kappa shape index (κ3) is 1.40. The average Bonchev–Trinajstić information content (AvgIpc) is 2.58. The first-order valence-corrected chi connectivity index (χ1v) is 4.02. The van der Waals surface area contributed by atoms with Crippen molar-refractivity contribution in [3.05, 3.63) is 30.1 Å². The van der Waals surface area contributed by atoms with Gasteiger partial charge in [-0.05, 0) is 31.0 Å². The quantitative estimate of drug-likeness (QED) is 0.654. The molecule has 2 heteroatoms. The Hall–Kier alpha value is -0.890.